The van der Waals surface area contributed by atoms with Crippen LogP contribution in [0.2, 0.25) is 0 Å². The maximum absolute atomic E-state index is 12.7. The summed E-state index contributed by atoms with van der Waals surface area (Å²) in [6.07, 6.45) is 0. The Balaban J connectivity index is 2.46. The molecule has 0 heterocycles. The Morgan fingerprint density at radius 3 is 2.17 bits per heavy atom. The Morgan fingerprint density at radius 1 is 0.913 bits per heavy atom. The van der Waals surface area contributed by atoms with Crippen LogP contribution in [0.15, 0.2) is 45.8 Å². The lowest BCUT2D eigenvalue weighted by Gasteiger charge is -2.14. The number of para-hydroxylation sites is 1. The molecule has 23 heavy (non-hydrogen) atoms. The highest BCUT2D eigenvalue weighted by atomic mass is 79.9. The summed E-state index contributed by atoms with van der Waals surface area (Å²) in [5.74, 6) is 1.12. The lowest BCUT2D eigenvalue weighted by atomic mass is 10.2. The number of benzene rings is 2. The van der Waals surface area contributed by atoms with Gasteiger partial charge >= 0.3 is 0 Å². The first-order chi connectivity index (χ1) is 10.9. The largest absolute Gasteiger partial charge is 0.495 e. The van der Waals surface area contributed by atoms with E-state index in [1.807, 2.05) is 0 Å². The van der Waals surface area contributed by atoms with Crippen molar-refractivity contribution < 1.29 is 22.6 Å². The lowest BCUT2D eigenvalue weighted by Crippen LogP contribution is -2.08. The second-order valence-corrected chi connectivity index (χ2v) is 7.44. The molecule has 0 unspecified atom stereocenters. The quantitative estimate of drug-likeness (QED) is 0.742. The van der Waals surface area contributed by atoms with Crippen molar-refractivity contribution in [1.29, 1.82) is 0 Å². The predicted molar refractivity (Wildman–Crippen MR) is 91.1 cm³/mol. The molecule has 0 fully saturated rings. The van der Waals surface area contributed by atoms with E-state index in [0.29, 0.717) is 27.3 Å². The highest BCUT2D eigenvalue weighted by Crippen LogP contribution is 2.39. The Morgan fingerprint density at radius 2 is 1.57 bits per heavy atom. The van der Waals surface area contributed by atoms with Gasteiger partial charge in [-0.3, -0.25) is 0 Å². The highest BCUT2D eigenvalue weighted by molar-refractivity contribution is 9.10. The molecular formula is C16H17BrO5S. The Labute approximate surface area is 144 Å². The van der Waals surface area contributed by atoms with Gasteiger partial charge in [-0.25, -0.2) is 8.42 Å². The van der Waals surface area contributed by atoms with Crippen molar-refractivity contribution in [1.82, 2.24) is 0 Å². The second kappa shape index (κ2) is 7.23. The van der Waals surface area contributed by atoms with Gasteiger partial charge in [0.2, 0.25) is 0 Å². The molecule has 0 N–H and O–H groups in total. The van der Waals surface area contributed by atoms with Crippen LogP contribution >= 0.6 is 15.9 Å². The van der Waals surface area contributed by atoms with Crippen LogP contribution in [-0.2, 0) is 15.6 Å². The van der Waals surface area contributed by atoms with Gasteiger partial charge in [-0.05, 0) is 39.7 Å². The van der Waals surface area contributed by atoms with E-state index >= 15 is 0 Å². The molecule has 0 amide bonds. The third-order valence-electron chi connectivity index (χ3n) is 3.31. The van der Waals surface area contributed by atoms with E-state index in [4.69, 9.17) is 14.2 Å². The minimum Gasteiger partial charge on any atom is -0.495 e. The van der Waals surface area contributed by atoms with Crippen molar-refractivity contribution in [3.8, 4) is 17.2 Å². The Bertz CT molecular complexity index is 802. The van der Waals surface area contributed by atoms with E-state index in [-0.39, 0.29) is 10.6 Å². The molecule has 0 spiro atoms. The van der Waals surface area contributed by atoms with Crippen LogP contribution < -0.4 is 14.2 Å². The molecule has 0 saturated heterocycles. The number of halogens is 1. The van der Waals surface area contributed by atoms with Crippen LogP contribution in [0.5, 0.6) is 17.2 Å². The Hall–Kier alpha value is -1.73. The van der Waals surface area contributed by atoms with E-state index in [1.165, 1.54) is 27.4 Å². The van der Waals surface area contributed by atoms with E-state index in [1.54, 1.807) is 30.3 Å². The molecule has 2 aromatic carbocycles. The number of hydrogen-bond acceptors (Lipinski definition) is 5. The van der Waals surface area contributed by atoms with Crippen molar-refractivity contribution in [2.24, 2.45) is 0 Å². The summed E-state index contributed by atoms with van der Waals surface area (Å²) < 4.78 is 41.6. The summed E-state index contributed by atoms with van der Waals surface area (Å²) in [6, 6.07) is 9.91. The van der Waals surface area contributed by atoms with Gasteiger partial charge in [0, 0.05) is 0 Å². The van der Waals surface area contributed by atoms with Crippen molar-refractivity contribution in [2.45, 2.75) is 10.6 Å². The summed E-state index contributed by atoms with van der Waals surface area (Å²) >= 11 is 3.39. The zero-order valence-electron chi connectivity index (χ0n) is 13.0. The van der Waals surface area contributed by atoms with E-state index in [2.05, 4.69) is 15.9 Å². The summed E-state index contributed by atoms with van der Waals surface area (Å²) in [6.45, 7) is 0. The molecule has 7 heteroatoms. The fourth-order valence-electron chi connectivity index (χ4n) is 2.20. The van der Waals surface area contributed by atoms with Gasteiger partial charge in [-0.2, -0.15) is 0 Å². The molecule has 5 nitrogen and oxygen atoms in total. The predicted octanol–water partition coefficient (Wildman–Crippen LogP) is 3.45. The molecule has 0 aliphatic heterocycles. The average Bonchev–Trinajstić information content (AvgIpc) is 2.56. The molecule has 2 rings (SSSR count). The normalized spacial score (nSPS) is 11.1. The number of sulfone groups is 1. The molecule has 0 atom stereocenters. The molecule has 0 aliphatic carbocycles. The van der Waals surface area contributed by atoms with Crippen molar-refractivity contribution >= 4 is 25.8 Å². The smallest absolute Gasteiger partial charge is 0.186 e. The van der Waals surface area contributed by atoms with E-state index in [0.717, 1.165) is 0 Å². The highest BCUT2D eigenvalue weighted by Gasteiger charge is 2.23. The number of rotatable bonds is 6. The number of methoxy groups -OCH3 is 3. The van der Waals surface area contributed by atoms with Crippen LogP contribution in [0, 0.1) is 0 Å². The molecule has 0 bridgehead atoms. The van der Waals surface area contributed by atoms with Gasteiger partial charge < -0.3 is 14.2 Å². The first-order valence-electron chi connectivity index (χ1n) is 6.69. The first-order valence-corrected chi connectivity index (χ1v) is 9.14. The molecule has 124 valence electrons. The van der Waals surface area contributed by atoms with Crippen LogP contribution in [0.3, 0.4) is 0 Å². The fourth-order valence-corrected chi connectivity index (χ4v) is 4.56. The number of hydrogen-bond donors (Lipinski definition) is 0. The second-order valence-electron chi connectivity index (χ2n) is 4.68. The van der Waals surface area contributed by atoms with Crippen molar-refractivity contribution in [2.75, 3.05) is 21.3 Å². The summed E-state index contributed by atoms with van der Waals surface area (Å²) in [5.41, 5.74) is 0.577. The number of ether oxygens (including phenoxy) is 3. The Kier molecular flexibility index (Phi) is 5.54. The molecule has 0 radical (unpaired) electrons. The van der Waals surface area contributed by atoms with Gasteiger partial charge in [-0.15, -0.1) is 0 Å². The minimum absolute atomic E-state index is 0.157. The molecule has 2 aromatic rings. The van der Waals surface area contributed by atoms with Crippen LogP contribution in [-0.4, -0.2) is 29.7 Å². The fraction of sp³-hybridized carbons (Fsp3) is 0.250. The third-order valence-corrected chi connectivity index (χ3v) is 5.88. The van der Waals surface area contributed by atoms with Crippen molar-refractivity contribution in [3.63, 3.8) is 0 Å². The summed E-state index contributed by atoms with van der Waals surface area (Å²) in [7, 11) is 0.895. The maximum Gasteiger partial charge on any atom is 0.186 e. The standard InChI is InChI=1S/C16H17BrO5S/c1-20-12-6-4-5-7-14(12)23(18,19)10-11-8-9-13(21-2)16(22-3)15(11)17/h4-9H,10H2,1-3H3. The lowest BCUT2D eigenvalue weighted by molar-refractivity contribution is 0.352. The summed E-state index contributed by atoms with van der Waals surface area (Å²) in [5, 5.41) is 0. The maximum atomic E-state index is 12.7. The van der Waals surface area contributed by atoms with Crippen LogP contribution in [0.4, 0.5) is 0 Å². The van der Waals surface area contributed by atoms with Crippen LogP contribution in [0.1, 0.15) is 5.56 Å². The van der Waals surface area contributed by atoms with Gasteiger partial charge in [0.15, 0.2) is 21.3 Å². The molecule has 0 aromatic heterocycles. The molecule has 0 saturated carbocycles. The average molecular weight is 401 g/mol. The van der Waals surface area contributed by atoms with Crippen LogP contribution in [0.25, 0.3) is 0 Å². The topological polar surface area (TPSA) is 61.8 Å². The minimum atomic E-state index is -3.57. The van der Waals surface area contributed by atoms with Gasteiger partial charge in [0.05, 0.1) is 31.6 Å². The summed E-state index contributed by atoms with van der Waals surface area (Å²) in [4.78, 5) is 0.157. The zero-order valence-corrected chi connectivity index (χ0v) is 15.4. The van der Waals surface area contributed by atoms with E-state index < -0.39 is 9.84 Å². The monoisotopic (exact) mass is 400 g/mol. The molecule has 0 aliphatic rings. The first kappa shape index (κ1) is 17.6. The molecular weight excluding hydrogens is 384 g/mol. The SMILES string of the molecule is COc1ccccc1S(=O)(=O)Cc1ccc(OC)c(OC)c1Br. The van der Waals surface area contributed by atoms with E-state index in [9.17, 15) is 8.42 Å². The zero-order chi connectivity index (χ0) is 17.0. The third kappa shape index (κ3) is 3.61. The van der Waals surface area contributed by atoms with Gasteiger partial charge in [-0.1, -0.05) is 18.2 Å². The van der Waals surface area contributed by atoms with Crippen molar-refractivity contribution in [3.05, 3.63) is 46.4 Å². The van der Waals surface area contributed by atoms with Gasteiger partial charge in [0.25, 0.3) is 0 Å². The van der Waals surface area contributed by atoms with Gasteiger partial charge in [0.1, 0.15) is 10.6 Å².